The first-order valence-corrected chi connectivity index (χ1v) is 11.3. The van der Waals surface area contributed by atoms with Crippen LogP contribution in [-0.2, 0) is 11.2 Å². The van der Waals surface area contributed by atoms with E-state index >= 15 is 0 Å². The molecule has 1 heterocycles. The molecule has 2 aromatic carbocycles. The van der Waals surface area contributed by atoms with E-state index in [1.165, 1.54) is 73.3 Å². The molecule has 29 heavy (non-hydrogen) atoms. The summed E-state index contributed by atoms with van der Waals surface area (Å²) in [4.78, 5) is 12.2. The summed E-state index contributed by atoms with van der Waals surface area (Å²) >= 11 is 0. The Balaban J connectivity index is 1.74. The van der Waals surface area contributed by atoms with Crippen molar-refractivity contribution < 1.29 is 4.79 Å². The quantitative estimate of drug-likeness (QED) is 0.452. The summed E-state index contributed by atoms with van der Waals surface area (Å²) in [6.45, 7) is 6.21. The Bertz CT molecular complexity index is 866. The number of carbonyl (C=O) groups excluding carboxylic acids is 1. The summed E-state index contributed by atoms with van der Waals surface area (Å²) in [7, 11) is 0. The van der Waals surface area contributed by atoms with Crippen molar-refractivity contribution in [3.05, 3.63) is 53.2 Å². The van der Waals surface area contributed by atoms with Crippen LogP contribution in [0, 0.1) is 5.41 Å². The molecule has 0 spiro atoms. The van der Waals surface area contributed by atoms with Crippen LogP contribution in [0.2, 0.25) is 0 Å². The van der Waals surface area contributed by atoms with Gasteiger partial charge in [0.05, 0.1) is 5.41 Å². The number of aryl methyl sites for hydroxylation is 1. The second-order valence-electron chi connectivity index (χ2n) is 8.85. The summed E-state index contributed by atoms with van der Waals surface area (Å²) in [6.07, 6.45) is 13.9. The van der Waals surface area contributed by atoms with Crippen LogP contribution >= 0.6 is 0 Å². The number of hydrogen-bond donors (Lipinski definition) is 2. The number of carbonyl (C=O) groups is 1. The van der Waals surface area contributed by atoms with Crippen molar-refractivity contribution in [3.8, 4) is 0 Å². The van der Waals surface area contributed by atoms with Gasteiger partial charge in [0.1, 0.15) is 0 Å². The van der Waals surface area contributed by atoms with E-state index in [0.717, 1.165) is 12.1 Å². The molecule has 3 heteroatoms. The Hall–Kier alpha value is -2.29. The summed E-state index contributed by atoms with van der Waals surface area (Å²) in [5, 5.41) is 2.50. The Morgan fingerprint density at radius 2 is 1.55 bits per heavy atom. The largest absolute Gasteiger partial charge is 0.302 e. The molecule has 156 valence electrons. The molecule has 0 atom stereocenters. The SMILES string of the molecule is CCCCCCCCCCc1ccc2ccccc2c1/C=C1\NNC(=O)C1(C)C. The maximum Gasteiger partial charge on any atom is 0.249 e. The number of nitrogens with one attached hydrogen (secondary N) is 2. The van der Waals surface area contributed by atoms with Crippen LogP contribution in [0.25, 0.3) is 16.8 Å². The minimum atomic E-state index is -0.535. The Kier molecular flexibility index (Phi) is 7.35. The van der Waals surface area contributed by atoms with Crippen molar-refractivity contribution in [3.63, 3.8) is 0 Å². The highest BCUT2D eigenvalue weighted by Gasteiger charge is 2.38. The Morgan fingerprint density at radius 1 is 0.862 bits per heavy atom. The van der Waals surface area contributed by atoms with Crippen molar-refractivity contribution >= 4 is 22.8 Å². The molecule has 1 saturated heterocycles. The van der Waals surface area contributed by atoms with Gasteiger partial charge in [-0.05, 0) is 54.7 Å². The maximum absolute atomic E-state index is 12.2. The molecule has 1 aliphatic heterocycles. The van der Waals surface area contributed by atoms with Gasteiger partial charge in [0.25, 0.3) is 0 Å². The highest BCUT2D eigenvalue weighted by Crippen LogP contribution is 2.33. The van der Waals surface area contributed by atoms with Crippen LogP contribution in [-0.4, -0.2) is 5.91 Å². The predicted molar refractivity (Wildman–Crippen MR) is 123 cm³/mol. The van der Waals surface area contributed by atoms with Crippen LogP contribution in [0.1, 0.15) is 83.3 Å². The molecule has 0 radical (unpaired) electrons. The van der Waals surface area contributed by atoms with E-state index in [9.17, 15) is 4.79 Å². The van der Waals surface area contributed by atoms with Gasteiger partial charge in [-0.25, -0.2) is 0 Å². The van der Waals surface area contributed by atoms with Gasteiger partial charge in [0.15, 0.2) is 0 Å². The third-order valence-electron chi connectivity index (χ3n) is 6.20. The van der Waals surface area contributed by atoms with Crippen LogP contribution in [0.3, 0.4) is 0 Å². The lowest BCUT2D eigenvalue weighted by Crippen LogP contribution is -2.28. The van der Waals surface area contributed by atoms with Crippen LogP contribution in [0.5, 0.6) is 0 Å². The van der Waals surface area contributed by atoms with Gasteiger partial charge in [-0.1, -0.05) is 88.3 Å². The van der Waals surface area contributed by atoms with E-state index in [1.807, 2.05) is 13.8 Å². The topological polar surface area (TPSA) is 41.1 Å². The first kappa shape index (κ1) is 21.4. The molecule has 1 fully saturated rings. The molecule has 0 aliphatic carbocycles. The normalized spacial score (nSPS) is 16.9. The van der Waals surface area contributed by atoms with Crippen LogP contribution in [0.15, 0.2) is 42.1 Å². The number of unbranched alkanes of at least 4 members (excludes halogenated alkanes) is 7. The number of rotatable bonds is 10. The summed E-state index contributed by atoms with van der Waals surface area (Å²) in [5.74, 6) is 0.0219. The minimum absolute atomic E-state index is 0.0219. The number of hydrogen-bond acceptors (Lipinski definition) is 2. The van der Waals surface area contributed by atoms with Crippen molar-refractivity contribution in [2.45, 2.75) is 78.6 Å². The Labute approximate surface area is 175 Å². The van der Waals surface area contributed by atoms with Gasteiger partial charge in [0.2, 0.25) is 5.91 Å². The molecule has 1 aliphatic rings. The fourth-order valence-electron chi connectivity index (χ4n) is 4.10. The fraction of sp³-hybridized carbons (Fsp3) is 0.500. The van der Waals surface area contributed by atoms with E-state index in [4.69, 9.17) is 0 Å². The molecule has 2 N–H and O–H groups in total. The lowest BCUT2D eigenvalue weighted by Gasteiger charge is -2.17. The smallest absolute Gasteiger partial charge is 0.249 e. The molecule has 3 nitrogen and oxygen atoms in total. The van der Waals surface area contributed by atoms with Gasteiger partial charge in [-0.3, -0.25) is 10.2 Å². The van der Waals surface area contributed by atoms with Gasteiger partial charge >= 0.3 is 0 Å². The summed E-state index contributed by atoms with van der Waals surface area (Å²) in [5.41, 5.74) is 8.90. The number of hydrazine groups is 1. The zero-order valence-corrected chi connectivity index (χ0v) is 18.3. The third kappa shape index (κ3) is 5.20. The van der Waals surface area contributed by atoms with Gasteiger partial charge in [0, 0.05) is 5.70 Å². The number of amides is 1. The lowest BCUT2D eigenvalue weighted by molar-refractivity contribution is -0.125. The number of benzene rings is 2. The first-order valence-electron chi connectivity index (χ1n) is 11.3. The van der Waals surface area contributed by atoms with E-state index in [1.54, 1.807) is 0 Å². The predicted octanol–water partition coefficient (Wildman–Crippen LogP) is 6.52. The molecule has 0 unspecified atom stereocenters. The molecular formula is C26H36N2O. The zero-order chi connectivity index (χ0) is 20.7. The average molecular weight is 393 g/mol. The van der Waals surface area contributed by atoms with Crippen molar-refractivity contribution in [1.29, 1.82) is 0 Å². The molecule has 0 saturated carbocycles. The molecule has 1 amide bonds. The summed E-state index contributed by atoms with van der Waals surface area (Å²) < 4.78 is 0. The van der Waals surface area contributed by atoms with Crippen molar-refractivity contribution in [2.24, 2.45) is 5.41 Å². The molecule has 3 rings (SSSR count). The van der Waals surface area contributed by atoms with Crippen LogP contribution < -0.4 is 10.9 Å². The molecule has 0 aromatic heterocycles. The standard InChI is InChI=1S/C26H36N2O/c1-4-5-6-7-8-9-10-11-14-21-18-17-20-15-12-13-16-22(20)23(21)19-24-26(2,3)25(29)28-27-24/h12-13,15-19,27H,4-11,14H2,1-3H3,(H,28,29)/b24-19-. The number of fused-ring (bicyclic) bond motifs is 1. The van der Waals surface area contributed by atoms with Crippen molar-refractivity contribution in [2.75, 3.05) is 0 Å². The third-order valence-corrected chi connectivity index (χ3v) is 6.20. The van der Waals surface area contributed by atoms with E-state index in [-0.39, 0.29) is 5.91 Å². The average Bonchev–Trinajstić information content (AvgIpc) is 2.97. The van der Waals surface area contributed by atoms with Crippen LogP contribution in [0.4, 0.5) is 0 Å². The fourth-order valence-corrected chi connectivity index (χ4v) is 4.10. The second kappa shape index (κ2) is 9.96. The molecule has 2 aromatic rings. The highest BCUT2D eigenvalue weighted by molar-refractivity contribution is 5.95. The second-order valence-corrected chi connectivity index (χ2v) is 8.85. The van der Waals surface area contributed by atoms with E-state index < -0.39 is 5.41 Å². The summed E-state index contributed by atoms with van der Waals surface area (Å²) in [6, 6.07) is 13.0. The molecular weight excluding hydrogens is 356 g/mol. The zero-order valence-electron chi connectivity index (χ0n) is 18.3. The molecule has 0 bridgehead atoms. The highest BCUT2D eigenvalue weighted by atomic mass is 16.2. The van der Waals surface area contributed by atoms with Gasteiger partial charge < -0.3 is 5.43 Å². The Morgan fingerprint density at radius 3 is 2.24 bits per heavy atom. The minimum Gasteiger partial charge on any atom is -0.302 e. The van der Waals surface area contributed by atoms with E-state index in [0.29, 0.717) is 0 Å². The van der Waals surface area contributed by atoms with Gasteiger partial charge in [-0.15, -0.1) is 0 Å². The van der Waals surface area contributed by atoms with E-state index in [2.05, 4.69) is 60.2 Å². The van der Waals surface area contributed by atoms with Gasteiger partial charge in [-0.2, -0.15) is 0 Å². The monoisotopic (exact) mass is 392 g/mol. The lowest BCUT2D eigenvalue weighted by atomic mass is 9.87. The maximum atomic E-state index is 12.2. The first-order chi connectivity index (χ1) is 14.0. The van der Waals surface area contributed by atoms with Crippen molar-refractivity contribution in [1.82, 2.24) is 10.9 Å².